The third-order valence-corrected chi connectivity index (χ3v) is 3.99. The summed E-state index contributed by atoms with van der Waals surface area (Å²) >= 11 is 0. The van der Waals surface area contributed by atoms with E-state index in [4.69, 9.17) is 0 Å². The number of ether oxygens (including phenoxy) is 1. The lowest BCUT2D eigenvalue weighted by Gasteiger charge is -2.11. The Kier molecular flexibility index (Phi) is 1.24. The first-order valence-electron chi connectivity index (χ1n) is 4.90. The second kappa shape index (κ2) is 2.14. The van der Waals surface area contributed by atoms with Crippen molar-refractivity contribution in [2.24, 2.45) is 29.6 Å². The molecule has 0 spiro atoms. The van der Waals surface area contributed by atoms with E-state index in [0.717, 1.165) is 11.8 Å². The van der Waals surface area contributed by atoms with E-state index < -0.39 is 5.97 Å². The van der Waals surface area contributed by atoms with Gasteiger partial charge in [-0.05, 0) is 36.5 Å². The molecule has 3 heteroatoms. The molecule has 0 N–H and O–H groups in total. The van der Waals surface area contributed by atoms with Gasteiger partial charge in [-0.15, -0.1) is 0 Å². The molecule has 0 radical (unpaired) electrons. The Labute approximate surface area is 76.4 Å². The van der Waals surface area contributed by atoms with Crippen molar-refractivity contribution in [1.29, 1.82) is 0 Å². The van der Waals surface area contributed by atoms with Crippen LogP contribution in [0.25, 0.3) is 0 Å². The molecule has 4 saturated carbocycles. The molecule has 0 saturated heterocycles. The van der Waals surface area contributed by atoms with Crippen LogP contribution in [-0.4, -0.2) is 11.9 Å². The lowest BCUT2D eigenvalue weighted by atomic mass is 9.99. The maximum atomic E-state index is 11.5. The molecule has 0 aliphatic heterocycles. The van der Waals surface area contributed by atoms with Gasteiger partial charge in [0.2, 0.25) is 0 Å². The Morgan fingerprint density at radius 2 is 1.85 bits per heavy atom. The molecule has 0 aromatic carbocycles. The Bertz CT molecular complexity index is 283. The zero-order valence-electron chi connectivity index (χ0n) is 7.53. The molecule has 4 rings (SSSR count). The van der Waals surface area contributed by atoms with Crippen molar-refractivity contribution in [2.45, 2.75) is 19.8 Å². The molecule has 3 nitrogen and oxygen atoms in total. The van der Waals surface area contributed by atoms with Crippen LogP contribution in [0.15, 0.2) is 0 Å². The highest BCUT2D eigenvalue weighted by molar-refractivity contribution is 5.86. The summed E-state index contributed by atoms with van der Waals surface area (Å²) in [5.74, 6) is 2.06. The van der Waals surface area contributed by atoms with Gasteiger partial charge in [0, 0.05) is 6.92 Å². The molecule has 70 valence electrons. The largest absolute Gasteiger partial charge is 0.393 e. The van der Waals surface area contributed by atoms with Gasteiger partial charge in [0.25, 0.3) is 0 Å². The second-order valence-corrected chi connectivity index (χ2v) is 4.58. The van der Waals surface area contributed by atoms with Crippen molar-refractivity contribution in [2.75, 3.05) is 0 Å². The zero-order valence-corrected chi connectivity index (χ0v) is 7.53. The van der Waals surface area contributed by atoms with Crippen molar-refractivity contribution in [1.82, 2.24) is 0 Å². The van der Waals surface area contributed by atoms with E-state index in [-0.39, 0.29) is 11.9 Å². The Hall–Kier alpha value is -0.860. The highest BCUT2D eigenvalue weighted by atomic mass is 16.6. The lowest BCUT2D eigenvalue weighted by Crippen LogP contribution is -2.22. The minimum atomic E-state index is -0.466. The third kappa shape index (κ3) is 0.847. The number of carbonyl (C=O) groups excluding carboxylic acids is 2. The summed E-state index contributed by atoms with van der Waals surface area (Å²) in [4.78, 5) is 22.1. The SMILES string of the molecule is CC(=O)OC(=O)C1C2CC3C(C2)C31. The fourth-order valence-corrected chi connectivity index (χ4v) is 3.63. The van der Waals surface area contributed by atoms with Gasteiger partial charge in [-0.3, -0.25) is 9.59 Å². The molecule has 4 fully saturated rings. The van der Waals surface area contributed by atoms with Crippen LogP contribution in [0.5, 0.6) is 0 Å². The Morgan fingerprint density at radius 1 is 1.23 bits per heavy atom. The fourth-order valence-electron chi connectivity index (χ4n) is 3.63. The summed E-state index contributed by atoms with van der Waals surface area (Å²) in [5.41, 5.74) is 0. The molecular weight excluding hydrogens is 168 g/mol. The average Bonchev–Trinajstić information content (AvgIpc) is 2.52. The highest BCUT2D eigenvalue weighted by Gasteiger charge is 2.70. The molecule has 3 atom stereocenters. The summed E-state index contributed by atoms with van der Waals surface area (Å²) in [7, 11) is 0. The Balaban J connectivity index is 1.74. The second-order valence-electron chi connectivity index (χ2n) is 4.58. The maximum absolute atomic E-state index is 11.5. The molecule has 4 bridgehead atoms. The van der Waals surface area contributed by atoms with Gasteiger partial charge >= 0.3 is 11.9 Å². The van der Waals surface area contributed by atoms with E-state index in [1.54, 1.807) is 0 Å². The van der Waals surface area contributed by atoms with Gasteiger partial charge in [0.1, 0.15) is 0 Å². The van der Waals surface area contributed by atoms with Crippen LogP contribution in [0.4, 0.5) is 0 Å². The number of hydrogen-bond donors (Lipinski definition) is 0. The van der Waals surface area contributed by atoms with Crippen LogP contribution in [0.2, 0.25) is 0 Å². The summed E-state index contributed by atoms with van der Waals surface area (Å²) in [5, 5.41) is 0. The van der Waals surface area contributed by atoms with Crippen molar-refractivity contribution in [3.63, 3.8) is 0 Å². The standard InChI is InChI=1S/C10H12O3/c1-4(11)13-10(12)8-5-2-6-7(3-5)9(6)8/h5-9H,2-3H2,1H3. The van der Waals surface area contributed by atoms with Crippen LogP contribution in [0.1, 0.15) is 19.8 Å². The van der Waals surface area contributed by atoms with Crippen molar-refractivity contribution >= 4 is 11.9 Å². The maximum Gasteiger partial charge on any atom is 0.317 e. The van der Waals surface area contributed by atoms with Crippen LogP contribution in [0.3, 0.4) is 0 Å². The lowest BCUT2D eigenvalue weighted by molar-refractivity contribution is -0.162. The summed E-state index contributed by atoms with van der Waals surface area (Å²) in [6.07, 6.45) is 2.40. The van der Waals surface area contributed by atoms with Crippen molar-refractivity contribution < 1.29 is 14.3 Å². The Morgan fingerprint density at radius 3 is 2.23 bits per heavy atom. The average molecular weight is 180 g/mol. The molecule has 0 heterocycles. The molecule has 0 aromatic rings. The third-order valence-electron chi connectivity index (χ3n) is 3.99. The first kappa shape index (κ1) is 7.54. The summed E-state index contributed by atoms with van der Waals surface area (Å²) in [6.45, 7) is 1.29. The predicted molar refractivity (Wildman–Crippen MR) is 43.5 cm³/mol. The minimum absolute atomic E-state index is 0.0684. The fraction of sp³-hybridized carbons (Fsp3) is 0.800. The molecule has 4 aliphatic carbocycles. The topological polar surface area (TPSA) is 43.4 Å². The normalized spacial score (nSPS) is 49.2. The number of esters is 2. The van der Waals surface area contributed by atoms with E-state index in [9.17, 15) is 9.59 Å². The van der Waals surface area contributed by atoms with Gasteiger partial charge in [-0.25, -0.2) is 0 Å². The number of carbonyl (C=O) groups is 2. The van der Waals surface area contributed by atoms with Crippen LogP contribution in [0, 0.1) is 29.6 Å². The molecule has 13 heavy (non-hydrogen) atoms. The van der Waals surface area contributed by atoms with E-state index in [1.165, 1.54) is 19.8 Å². The van der Waals surface area contributed by atoms with Gasteiger partial charge in [0.15, 0.2) is 0 Å². The van der Waals surface area contributed by atoms with Crippen LogP contribution in [-0.2, 0) is 14.3 Å². The quantitative estimate of drug-likeness (QED) is 0.446. The monoisotopic (exact) mass is 180 g/mol. The van der Waals surface area contributed by atoms with E-state index in [2.05, 4.69) is 4.74 Å². The number of hydrogen-bond acceptors (Lipinski definition) is 3. The molecular formula is C10H12O3. The first-order valence-corrected chi connectivity index (χ1v) is 4.90. The van der Waals surface area contributed by atoms with Crippen molar-refractivity contribution in [3.05, 3.63) is 0 Å². The molecule has 3 unspecified atom stereocenters. The van der Waals surface area contributed by atoms with Gasteiger partial charge in [0.05, 0.1) is 5.92 Å². The molecule has 0 amide bonds. The van der Waals surface area contributed by atoms with E-state index >= 15 is 0 Å². The van der Waals surface area contributed by atoms with Gasteiger partial charge in [-0.2, -0.15) is 0 Å². The summed E-state index contributed by atoms with van der Waals surface area (Å²) < 4.78 is 4.65. The zero-order chi connectivity index (χ0) is 9.16. The first-order chi connectivity index (χ1) is 6.18. The minimum Gasteiger partial charge on any atom is -0.393 e. The smallest absolute Gasteiger partial charge is 0.317 e. The van der Waals surface area contributed by atoms with Crippen LogP contribution >= 0.6 is 0 Å². The van der Waals surface area contributed by atoms with Gasteiger partial charge in [-0.1, -0.05) is 0 Å². The molecule has 4 aliphatic rings. The van der Waals surface area contributed by atoms with Gasteiger partial charge < -0.3 is 4.74 Å². The highest BCUT2D eigenvalue weighted by Crippen LogP contribution is 2.73. The number of rotatable bonds is 1. The van der Waals surface area contributed by atoms with E-state index in [1.807, 2.05) is 0 Å². The van der Waals surface area contributed by atoms with E-state index in [0.29, 0.717) is 11.8 Å². The predicted octanol–water partition coefficient (Wildman–Crippen LogP) is 0.978. The molecule has 0 aromatic heterocycles. The van der Waals surface area contributed by atoms with Crippen LogP contribution < -0.4 is 0 Å². The summed E-state index contributed by atoms with van der Waals surface area (Å²) in [6, 6.07) is 0. The van der Waals surface area contributed by atoms with Crippen molar-refractivity contribution in [3.8, 4) is 0 Å².